The molecule has 1 aromatic carbocycles. The molecule has 0 bridgehead atoms. The van der Waals surface area contributed by atoms with E-state index in [0.29, 0.717) is 17.4 Å². The van der Waals surface area contributed by atoms with Crippen LogP contribution in [-0.2, 0) is 5.75 Å². The maximum Gasteiger partial charge on any atom is 0.336 e. The first-order valence-corrected chi connectivity index (χ1v) is 10.7. The van der Waals surface area contributed by atoms with Crippen LogP contribution >= 0.6 is 11.8 Å². The smallest absolute Gasteiger partial charge is 0.336 e. The number of rotatable bonds is 4. The van der Waals surface area contributed by atoms with Gasteiger partial charge < -0.3 is 8.98 Å². The Morgan fingerprint density at radius 2 is 1.93 bits per heavy atom. The maximum atomic E-state index is 12.1. The molecule has 0 saturated heterocycles. The Balaban J connectivity index is 1.70. The van der Waals surface area contributed by atoms with Crippen molar-refractivity contribution in [2.24, 2.45) is 0 Å². The molecular weight excluding hydrogens is 356 g/mol. The number of fused-ring (bicyclic) bond motifs is 1. The fourth-order valence-electron chi connectivity index (χ4n) is 4.08. The van der Waals surface area contributed by atoms with Crippen molar-refractivity contribution in [3.8, 4) is 0 Å². The second-order valence-electron chi connectivity index (χ2n) is 7.64. The van der Waals surface area contributed by atoms with Gasteiger partial charge in [0.25, 0.3) is 0 Å². The van der Waals surface area contributed by atoms with Gasteiger partial charge in [0.1, 0.15) is 5.58 Å². The largest absolute Gasteiger partial charge is 0.422 e. The minimum absolute atomic E-state index is 0.279. The molecule has 2 aromatic heterocycles. The molecule has 2 heterocycles. The predicted octanol–water partition coefficient (Wildman–Crippen LogP) is 5.63. The molecule has 0 amide bonds. The summed E-state index contributed by atoms with van der Waals surface area (Å²) in [4.78, 5) is 16.9. The summed E-state index contributed by atoms with van der Waals surface area (Å²) in [6, 6.07) is 6.36. The third-order valence-electron chi connectivity index (χ3n) is 5.92. The Morgan fingerprint density at radius 3 is 2.67 bits per heavy atom. The summed E-state index contributed by atoms with van der Waals surface area (Å²) in [5.74, 6) is 0.715. The molecule has 3 aromatic rings. The van der Waals surface area contributed by atoms with E-state index in [0.717, 1.165) is 32.9 Å². The molecule has 0 unspecified atom stereocenters. The van der Waals surface area contributed by atoms with Gasteiger partial charge in [-0.15, -0.1) is 0 Å². The number of benzene rings is 1. The van der Waals surface area contributed by atoms with Crippen molar-refractivity contribution in [3.63, 3.8) is 0 Å². The molecule has 0 radical (unpaired) electrons. The molecule has 1 saturated carbocycles. The number of nitrogens with zero attached hydrogens (tertiary/aromatic N) is 2. The lowest BCUT2D eigenvalue weighted by atomic mass is 10.0. The summed E-state index contributed by atoms with van der Waals surface area (Å²) in [6.07, 6.45) is 5.07. The molecule has 0 aliphatic heterocycles. The summed E-state index contributed by atoms with van der Waals surface area (Å²) >= 11 is 1.73. The van der Waals surface area contributed by atoms with Gasteiger partial charge in [0.05, 0.1) is 5.69 Å². The first-order chi connectivity index (χ1) is 13.0. The normalized spacial score (nSPS) is 15.1. The molecule has 0 spiro atoms. The van der Waals surface area contributed by atoms with Crippen LogP contribution in [-0.4, -0.2) is 9.55 Å². The summed E-state index contributed by atoms with van der Waals surface area (Å²) < 4.78 is 7.94. The molecule has 1 aliphatic carbocycles. The first kappa shape index (κ1) is 18.4. The SMILES string of the molecule is Cc1ccc2c(CSc3nc(C)c(C)n3C3CCCC3)cc(=O)oc2c1C. The van der Waals surface area contributed by atoms with Gasteiger partial charge in [-0.1, -0.05) is 36.7 Å². The first-order valence-electron chi connectivity index (χ1n) is 9.67. The van der Waals surface area contributed by atoms with Crippen molar-refractivity contribution in [2.45, 2.75) is 70.3 Å². The van der Waals surface area contributed by atoms with Crippen LogP contribution in [0.2, 0.25) is 0 Å². The number of aryl methyl sites for hydroxylation is 3. The minimum atomic E-state index is -0.279. The van der Waals surface area contributed by atoms with Gasteiger partial charge in [-0.3, -0.25) is 0 Å². The average molecular weight is 383 g/mol. The van der Waals surface area contributed by atoms with Crippen LogP contribution < -0.4 is 5.63 Å². The van der Waals surface area contributed by atoms with E-state index in [1.165, 1.54) is 31.4 Å². The summed E-state index contributed by atoms with van der Waals surface area (Å²) in [7, 11) is 0. The second-order valence-corrected chi connectivity index (χ2v) is 8.58. The third kappa shape index (κ3) is 3.33. The molecule has 1 aliphatic rings. The molecule has 142 valence electrons. The van der Waals surface area contributed by atoms with E-state index in [-0.39, 0.29) is 5.63 Å². The van der Waals surface area contributed by atoms with Crippen LogP contribution in [0, 0.1) is 27.7 Å². The fraction of sp³-hybridized carbons (Fsp3) is 0.455. The quantitative estimate of drug-likeness (QED) is 0.433. The standard InChI is InChI=1S/C22H26N2O2S/c1-13-9-10-19-17(11-20(25)26-21(19)14(13)2)12-27-22-23-15(3)16(4)24(22)18-7-5-6-8-18/h9-11,18H,5-8,12H2,1-4H3. The Hall–Kier alpha value is -2.01. The van der Waals surface area contributed by atoms with Gasteiger partial charge in [-0.2, -0.15) is 0 Å². The third-order valence-corrected chi connectivity index (χ3v) is 6.92. The lowest BCUT2D eigenvalue weighted by molar-refractivity contribution is 0.471. The Labute approximate surface area is 164 Å². The molecular formula is C22H26N2O2S. The van der Waals surface area contributed by atoms with E-state index in [1.54, 1.807) is 17.8 Å². The van der Waals surface area contributed by atoms with Gasteiger partial charge >= 0.3 is 5.63 Å². The van der Waals surface area contributed by atoms with E-state index < -0.39 is 0 Å². The van der Waals surface area contributed by atoms with Crippen LogP contribution in [0.1, 0.15) is 59.8 Å². The van der Waals surface area contributed by atoms with Crippen LogP contribution in [0.3, 0.4) is 0 Å². The van der Waals surface area contributed by atoms with Crippen LogP contribution in [0.5, 0.6) is 0 Å². The Bertz CT molecular complexity index is 1060. The van der Waals surface area contributed by atoms with Gasteiger partial charge in [0, 0.05) is 28.9 Å². The van der Waals surface area contributed by atoms with Crippen molar-refractivity contribution in [1.82, 2.24) is 9.55 Å². The number of aromatic nitrogens is 2. The van der Waals surface area contributed by atoms with E-state index in [4.69, 9.17) is 9.40 Å². The molecule has 27 heavy (non-hydrogen) atoms. The molecule has 4 rings (SSSR count). The predicted molar refractivity (Wildman–Crippen MR) is 111 cm³/mol. The number of thioether (sulfide) groups is 1. The minimum Gasteiger partial charge on any atom is -0.422 e. The van der Waals surface area contributed by atoms with Crippen LogP contribution in [0.15, 0.2) is 32.6 Å². The highest BCUT2D eigenvalue weighted by atomic mass is 32.2. The zero-order valence-electron chi connectivity index (χ0n) is 16.5. The monoisotopic (exact) mass is 382 g/mol. The fourth-order valence-corrected chi connectivity index (χ4v) is 5.23. The molecule has 1 fully saturated rings. The highest BCUT2D eigenvalue weighted by Crippen LogP contribution is 2.36. The molecule has 0 N–H and O–H groups in total. The molecule has 0 atom stereocenters. The zero-order valence-corrected chi connectivity index (χ0v) is 17.3. The van der Waals surface area contributed by atoms with Gasteiger partial charge in [-0.25, -0.2) is 9.78 Å². The van der Waals surface area contributed by atoms with Crippen molar-refractivity contribution < 1.29 is 4.42 Å². The van der Waals surface area contributed by atoms with Gasteiger partial charge in [0.2, 0.25) is 0 Å². The summed E-state index contributed by atoms with van der Waals surface area (Å²) in [5.41, 5.74) is 6.00. The average Bonchev–Trinajstić information content (AvgIpc) is 3.25. The Morgan fingerprint density at radius 1 is 1.19 bits per heavy atom. The number of hydrogen-bond acceptors (Lipinski definition) is 4. The van der Waals surface area contributed by atoms with Crippen LogP contribution in [0.4, 0.5) is 0 Å². The molecule has 5 heteroatoms. The lowest BCUT2D eigenvalue weighted by Gasteiger charge is -2.17. The summed E-state index contributed by atoms with van der Waals surface area (Å²) in [6.45, 7) is 8.31. The Kier molecular flexibility index (Phi) is 4.89. The van der Waals surface area contributed by atoms with E-state index in [9.17, 15) is 4.79 Å². The van der Waals surface area contributed by atoms with E-state index in [1.807, 2.05) is 13.8 Å². The van der Waals surface area contributed by atoms with Crippen molar-refractivity contribution in [3.05, 3.63) is 56.7 Å². The van der Waals surface area contributed by atoms with Crippen molar-refractivity contribution in [2.75, 3.05) is 0 Å². The van der Waals surface area contributed by atoms with Crippen molar-refractivity contribution >= 4 is 22.7 Å². The topological polar surface area (TPSA) is 48.0 Å². The lowest BCUT2D eigenvalue weighted by Crippen LogP contribution is -2.08. The van der Waals surface area contributed by atoms with Crippen molar-refractivity contribution in [1.29, 1.82) is 0 Å². The van der Waals surface area contributed by atoms with Crippen LogP contribution in [0.25, 0.3) is 11.0 Å². The van der Waals surface area contributed by atoms with Gasteiger partial charge in [0.15, 0.2) is 5.16 Å². The number of hydrogen-bond donors (Lipinski definition) is 0. The highest BCUT2D eigenvalue weighted by molar-refractivity contribution is 7.98. The summed E-state index contributed by atoms with van der Waals surface area (Å²) in [5, 5.41) is 2.10. The maximum absolute atomic E-state index is 12.1. The highest BCUT2D eigenvalue weighted by Gasteiger charge is 2.23. The van der Waals surface area contributed by atoms with E-state index >= 15 is 0 Å². The van der Waals surface area contributed by atoms with E-state index in [2.05, 4.69) is 30.5 Å². The number of imidazole rings is 1. The second kappa shape index (κ2) is 7.19. The zero-order chi connectivity index (χ0) is 19.1. The van der Waals surface area contributed by atoms with Gasteiger partial charge in [-0.05, 0) is 57.2 Å². The molecule has 4 nitrogen and oxygen atoms in total.